The summed E-state index contributed by atoms with van der Waals surface area (Å²) in [5.41, 5.74) is 2.60. The molecule has 0 fully saturated rings. The van der Waals surface area contributed by atoms with Gasteiger partial charge in [-0.3, -0.25) is 0 Å². The molecule has 0 aliphatic heterocycles. The van der Waals surface area contributed by atoms with Crippen LogP contribution in [0, 0.1) is 11.3 Å². The van der Waals surface area contributed by atoms with Crippen molar-refractivity contribution in [1.29, 1.82) is 5.26 Å². The standard InChI is InChI=1S/C14H20N4/c1-5-9-18(8-4)14-12(10-15)11(6-2)13(7-3)16-17-14/h5H,1,6-9H2,2-4H3. The fourth-order valence-electron chi connectivity index (χ4n) is 2.02. The number of hydrogen-bond acceptors (Lipinski definition) is 4. The van der Waals surface area contributed by atoms with Gasteiger partial charge in [-0.05, 0) is 25.3 Å². The number of hydrogen-bond donors (Lipinski definition) is 0. The molecular weight excluding hydrogens is 224 g/mol. The minimum atomic E-state index is 0.660. The Labute approximate surface area is 109 Å². The Kier molecular flexibility index (Phi) is 5.31. The highest BCUT2D eigenvalue weighted by Crippen LogP contribution is 2.23. The largest absolute Gasteiger partial charge is 0.351 e. The van der Waals surface area contributed by atoms with Crippen molar-refractivity contribution >= 4 is 5.82 Å². The first-order chi connectivity index (χ1) is 8.73. The summed E-state index contributed by atoms with van der Waals surface area (Å²) in [6, 6.07) is 2.28. The Morgan fingerprint density at radius 1 is 1.28 bits per heavy atom. The van der Waals surface area contributed by atoms with Crippen LogP contribution in [0.2, 0.25) is 0 Å². The third kappa shape index (κ3) is 2.67. The Bertz CT molecular complexity index is 460. The first-order valence-electron chi connectivity index (χ1n) is 6.37. The fraction of sp³-hybridized carbons (Fsp3) is 0.500. The van der Waals surface area contributed by atoms with Crippen LogP contribution in [0.15, 0.2) is 12.7 Å². The van der Waals surface area contributed by atoms with Crippen molar-refractivity contribution in [3.63, 3.8) is 0 Å². The summed E-state index contributed by atoms with van der Waals surface area (Å²) in [4.78, 5) is 2.01. The van der Waals surface area contributed by atoms with E-state index >= 15 is 0 Å². The molecular formula is C14H20N4. The maximum Gasteiger partial charge on any atom is 0.169 e. The Hall–Kier alpha value is -1.89. The van der Waals surface area contributed by atoms with Gasteiger partial charge in [0, 0.05) is 13.1 Å². The van der Waals surface area contributed by atoms with E-state index in [0.29, 0.717) is 17.9 Å². The molecule has 0 amide bonds. The molecule has 0 bridgehead atoms. The van der Waals surface area contributed by atoms with Crippen molar-refractivity contribution in [3.8, 4) is 6.07 Å². The lowest BCUT2D eigenvalue weighted by molar-refractivity contribution is 0.812. The molecule has 96 valence electrons. The molecule has 0 aliphatic rings. The minimum Gasteiger partial charge on any atom is -0.351 e. The summed E-state index contributed by atoms with van der Waals surface area (Å²) in [7, 11) is 0. The van der Waals surface area contributed by atoms with Gasteiger partial charge in [0.05, 0.1) is 5.69 Å². The second-order valence-corrected chi connectivity index (χ2v) is 3.97. The Balaban J connectivity index is 3.37. The zero-order valence-corrected chi connectivity index (χ0v) is 11.4. The van der Waals surface area contributed by atoms with Gasteiger partial charge in [0.15, 0.2) is 5.82 Å². The van der Waals surface area contributed by atoms with E-state index < -0.39 is 0 Å². The lowest BCUT2D eigenvalue weighted by atomic mass is 10.0. The first-order valence-corrected chi connectivity index (χ1v) is 6.37. The summed E-state index contributed by atoms with van der Waals surface area (Å²) < 4.78 is 0. The molecule has 4 nitrogen and oxygen atoms in total. The minimum absolute atomic E-state index is 0.660. The quantitative estimate of drug-likeness (QED) is 0.721. The second kappa shape index (κ2) is 6.75. The maximum atomic E-state index is 9.39. The van der Waals surface area contributed by atoms with E-state index in [0.717, 1.165) is 30.6 Å². The van der Waals surface area contributed by atoms with Crippen LogP contribution in [0.1, 0.15) is 37.6 Å². The third-order valence-electron chi connectivity index (χ3n) is 2.97. The SMILES string of the molecule is C=CCN(CC)c1nnc(CC)c(CC)c1C#N. The molecule has 0 atom stereocenters. The van der Waals surface area contributed by atoms with E-state index in [4.69, 9.17) is 0 Å². The normalized spacial score (nSPS) is 9.89. The van der Waals surface area contributed by atoms with Crippen LogP contribution in [0.4, 0.5) is 5.82 Å². The van der Waals surface area contributed by atoms with Crippen LogP contribution < -0.4 is 4.90 Å². The molecule has 0 saturated heterocycles. The number of likely N-dealkylation sites (N-methyl/N-ethyl adjacent to an activating group) is 1. The van der Waals surface area contributed by atoms with Gasteiger partial charge in [-0.25, -0.2) is 0 Å². The molecule has 0 radical (unpaired) electrons. The van der Waals surface area contributed by atoms with Gasteiger partial charge in [-0.2, -0.15) is 10.4 Å². The van der Waals surface area contributed by atoms with Crippen LogP contribution >= 0.6 is 0 Å². The number of nitrogens with zero attached hydrogens (tertiary/aromatic N) is 4. The van der Waals surface area contributed by atoms with Crippen LogP contribution in [0.25, 0.3) is 0 Å². The van der Waals surface area contributed by atoms with Gasteiger partial charge in [0.2, 0.25) is 0 Å². The molecule has 0 spiro atoms. The summed E-state index contributed by atoms with van der Waals surface area (Å²) in [5.74, 6) is 0.675. The van der Waals surface area contributed by atoms with E-state index in [2.05, 4.69) is 22.8 Å². The monoisotopic (exact) mass is 244 g/mol. The zero-order valence-electron chi connectivity index (χ0n) is 11.4. The van der Waals surface area contributed by atoms with Crippen molar-refractivity contribution in [3.05, 3.63) is 29.5 Å². The molecule has 4 heteroatoms. The highest BCUT2D eigenvalue weighted by molar-refractivity contribution is 5.58. The number of nitriles is 1. The lowest BCUT2D eigenvalue weighted by Gasteiger charge is -2.22. The highest BCUT2D eigenvalue weighted by Gasteiger charge is 2.17. The van der Waals surface area contributed by atoms with Crippen molar-refractivity contribution in [1.82, 2.24) is 10.2 Å². The number of aromatic nitrogens is 2. The topological polar surface area (TPSA) is 52.8 Å². The smallest absolute Gasteiger partial charge is 0.169 e. The number of anilines is 1. The fourth-order valence-corrected chi connectivity index (χ4v) is 2.02. The van der Waals surface area contributed by atoms with E-state index in [1.807, 2.05) is 31.7 Å². The van der Waals surface area contributed by atoms with E-state index in [1.165, 1.54) is 0 Å². The molecule has 0 N–H and O–H groups in total. The molecule has 0 saturated carbocycles. The van der Waals surface area contributed by atoms with Crippen LogP contribution in [0.3, 0.4) is 0 Å². The van der Waals surface area contributed by atoms with Gasteiger partial charge in [-0.15, -0.1) is 11.7 Å². The molecule has 1 aromatic rings. The van der Waals surface area contributed by atoms with Crippen LogP contribution in [-0.2, 0) is 12.8 Å². The van der Waals surface area contributed by atoms with E-state index in [1.54, 1.807) is 0 Å². The molecule has 1 heterocycles. The number of rotatable bonds is 6. The van der Waals surface area contributed by atoms with Crippen LogP contribution in [0.5, 0.6) is 0 Å². The van der Waals surface area contributed by atoms with E-state index in [-0.39, 0.29) is 0 Å². The Morgan fingerprint density at radius 2 is 2.00 bits per heavy atom. The van der Waals surface area contributed by atoms with Crippen molar-refractivity contribution in [2.24, 2.45) is 0 Å². The van der Waals surface area contributed by atoms with Crippen molar-refractivity contribution in [2.75, 3.05) is 18.0 Å². The third-order valence-corrected chi connectivity index (χ3v) is 2.97. The van der Waals surface area contributed by atoms with Gasteiger partial charge in [-0.1, -0.05) is 19.9 Å². The van der Waals surface area contributed by atoms with Gasteiger partial charge < -0.3 is 4.90 Å². The summed E-state index contributed by atoms with van der Waals surface area (Å²) in [6.07, 6.45) is 3.42. The zero-order chi connectivity index (χ0) is 13.5. The molecule has 0 unspecified atom stereocenters. The molecule has 0 aromatic carbocycles. The molecule has 1 rings (SSSR count). The van der Waals surface area contributed by atoms with Gasteiger partial charge in [0.1, 0.15) is 11.6 Å². The lowest BCUT2D eigenvalue weighted by Crippen LogP contribution is -2.26. The predicted molar refractivity (Wildman–Crippen MR) is 73.6 cm³/mol. The van der Waals surface area contributed by atoms with E-state index in [9.17, 15) is 5.26 Å². The molecule has 1 aromatic heterocycles. The first kappa shape index (κ1) is 14.2. The van der Waals surface area contributed by atoms with Gasteiger partial charge >= 0.3 is 0 Å². The van der Waals surface area contributed by atoms with Crippen LogP contribution in [-0.4, -0.2) is 23.3 Å². The maximum absolute atomic E-state index is 9.39. The van der Waals surface area contributed by atoms with Gasteiger partial charge in [0.25, 0.3) is 0 Å². The van der Waals surface area contributed by atoms with Crippen molar-refractivity contribution in [2.45, 2.75) is 33.6 Å². The number of aryl methyl sites for hydroxylation is 1. The summed E-state index contributed by atoms with van der Waals surface area (Å²) >= 11 is 0. The highest BCUT2D eigenvalue weighted by atomic mass is 15.3. The predicted octanol–water partition coefficient (Wildman–Crippen LogP) is 2.49. The molecule has 18 heavy (non-hydrogen) atoms. The average molecular weight is 244 g/mol. The van der Waals surface area contributed by atoms with Crippen molar-refractivity contribution < 1.29 is 0 Å². The second-order valence-electron chi connectivity index (χ2n) is 3.97. The Morgan fingerprint density at radius 3 is 2.44 bits per heavy atom. The summed E-state index contributed by atoms with van der Waals surface area (Å²) in [5, 5.41) is 17.9. The summed E-state index contributed by atoms with van der Waals surface area (Å²) in [6.45, 7) is 11.3. The molecule has 0 aliphatic carbocycles. The average Bonchev–Trinajstić information content (AvgIpc) is 2.42.